The number of aryl methyl sites for hydroxylation is 3. The Labute approximate surface area is 139 Å². The average molecular weight is 318 g/mol. The summed E-state index contributed by atoms with van der Waals surface area (Å²) in [6.45, 7) is 2.03. The van der Waals surface area contributed by atoms with E-state index in [-0.39, 0.29) is 0 Å². The van der Waals surface area contributed by atoms with E-state index in [1.165, 1.54) is 0 Å². The van der Waals surface area contributed by atoms with Crippen molar-refractivity contribution in [3.05, 3.63) is 65.7 Å². The van der Waals surface area contributed by atoms with Crippen LogP contribution in [-0.4, -0.2) is 26.7 Å². The van der Waals surface area contributed by atoms with Crippen molar-refractivity contribution < 1.29 is 4.74 Å². The first kappa shape index (κ1) is 14.6. The number of benzene rings is 1. The molecule has 3 aromatic heterocycles. The minimum atomic E-state index is 0.746. The maximum absolute atomic E-state index is 5.51. The van der Waals surface area contributed by atoms with E-state index in [0.29, 0.717) is 0 Å². The Kier molecular flexibility index (Phi) is 3.61. The molecule has 5 nitrogen and oxygen atoms in total. The molecule has 0 radical (unpaired) electrons. The first-order valence-corrected chi connectivity index (χ1v) is 7.98. The molecule has 5 heteroatoms. The van der Waals surface area contributed by atoms with Crippen LogP contribution in [0.3, 0.4) is 0 Å². The fourth-order valence-corrected chi connectivity index (χ4v) is 2.92. The maximum atomic E-state index is 5.51. The van der Waals surface area contributed by atoms with Gasteiger partial charge in [0.2, 0.25) is 0 Å². The van der Waals surface area contributed by atoms with Crippen molar-refractivity contribution in [3.8, 4) is 5.75 Å². The van der Waals surface area contributed by atoms with Gasteiger partial charge in [-0.3, -0.25) is 4.98 Å². The van der Waals surface area contributed by atoms with Crippen LogP contribution in [0, 0.1) is 6.92 Å². The van der Waals surface area contributed by atoms with Crippen LogP contribution >= 0.6 is 0 Å². The van der Waals surface area contributed by atoms with E-state index in [9.17, 15) is 0 Å². The number of hydrogen-bond donors (Lipinski definition) is 0. The van der Waals surface area contributed by atoms with Crippen LogP contribution in [0.15, 0.2) is 48.5 Å². The minimum Gasteiger partial charge on any atom is -0.496 e. The fourth-order valence-electron chi connectivity index (χ4n) is 2.92. The van der Waals surface area contributed by atoms with Gasteiger partial charge in [0.05, 0.1) is 12.6 Å². The highest BCUT2D eigenvalue weighted by Crippen LogP contribution is 2.25. The lowest BCUT2D eigenvalue weighted by atomic mass is 10.1. The summed E-state index contributed by atoms with van der Waals surface area (Å²) >= 11 is 0. The zero-order valence-corrected chi connectivity index (χ0v) is 13.7. The number of aromatic nitrogens is 4. The number of fused-ring (bicyclic) bond motifs is 2. The van der Waals surface area contributed by atoms with Crippen LogP contribution < -0.4 is 4.74 Å². The summed E-state index contributed by atoms with van der Waals surface area (Å²) in [7, 11) is 1.69. The van der Waals surface area contributed by atoms with Gasteiger partial charge >= 0.3 is 0 Å². The number of para-hydroxylation sites is 1. The number of ether oxygens (including phenoxy) is 1. The van der Waals surface area contributed by atoms with Gasteiger partial charge in [-0.05, 0) is 37.6 Å². The smallest absolute Gasteiger partial charge is 0.155 e. The lowest BCUT2D eigenvalue weighted by molar-refractivity contribution is 0.419. The van der Waals surface area contributed by atoms with E-state index in [4.69, 9.17) is 9.72 Å². The van der Waals surface area contributed by atoms with Gasteiger partial charge in [-0.15, -0.1) is 0 Å². The largest absolute Gasteiger partial charge is 0.496 e. The molecule has 0 unspecified atom stereocenters. The molecular formula is C19H18N4O. The van der Waals surface area contributed by atoms with E-state index < -0.39 is 0 Å². The van der Waals surface area contributed by atoms with Crippen LogP contribution in [0.5, 0.6) is 5.75 Å². The van der Waals surface area contributed by atoms with Crippen molar-refractivity contribution in [3.63, 3.8) is 0 Å². The molecule has 0 fully saturated rings. The third kappa shape index (κ3) is 2.58. The van der Waals surface area contributed by atoms with Crippen molar-refractivity contribution in [1.82, 2.24) is 19.6 Å². The second-order valence-electron chi connectivity index (χ2n) is 5.80. The molecule has 0 aliphatic heterocycles. The molecule has 0 bridgehead atoms. The lowest BCUT2D eigenvalue weighted by Crippen LogP contribution is -1.99. The van der Waals surface area contributed by atoms with Gasteiger partial charge in [0.15, 0.2) is 11.5 Å². The summed E-state index contributed by atoms with van der Waals surface area (Å²) in [4.78, 5) is 9.31. The molecule has 1 aromatic carbocycles. The topological polar surface area (TPSA) is 52.3 Å². The molecule has 0 spiro atoms. The zero-order chi connectivity index (χ0) is 16.5. The second kappa shape index (κ2) is 5.92. The Morgan fingerprint density at radius 2 is 1.88 bits per heavy atom. The monoisotopic (exact) mass is 318 g/mol. The molecule has 4 rings (SSSR count). The molecule has 0 saturated carbocycles. The third-order valence-electron chi connectivity index (χ3n) is 4.15. The standard InChI is InChI=1S/C19H18N4O/c1-13-6-5-9-19-21-18(22-23(13)19)11-10-14-12-17(24-2)15-7-3-4-8-16(15)20-14/h3-9,12H,10-11H2,1-2H3. The lowest BCUT2D eigenvalue weighted by Gasteiger charge is -2.07. The maximum Gasteiger partial charge on any atom is 0.155 e. The first-order valence-electron chi connectivity index (χ1n) is 7.98. The molecule has 0 amide bonds. The van der Waals surface area contributed by atoms with E-state index in [1.807, 2.05) is 60.0 Å². The van der Waals surface area contributed by atoms with Gasteiger partial charge in [-0.2, -0.15) is 5.10 Å². The second-order valence-corrected chi connectivity index (χ2v) is 5.80. The average Bonchev–Trinajstić information content (AvgIpc) is 3.04. The Bertz CT molecular complexity index is 1020. The summed E-state index contributed by atoms with van der Waals surface area (Å²) in [5, 5.41) is 5.61. The van der Waals surface area contributed by atoms with Crippen molar-refractivity contribution >= 4 is 16.6 Å². The molecular weight excluding hydrogens is 300 g/mol. The minimum absolute atomic E-state index is 0.746. The predicted molar refractivity (Wildman–Crippen MR) is 93.4 cm³/mol. The summed E-state index contributed by atoms with van der Waals surface area (Å²) in [6.07, 6.45) is 1.52. The first-order chi connectivity index (χ1) is 11.7. The predicted octanol–water partition coefficient (Wildman–Crippen LogP) is 3.38. The van der Waals surface area contributed by atoms with Crippen molar-refractivity contribution in [2.24, 2.45) is 0 Å². The fraction of sp³-hybridized carbons (Fsp3) is 0.211. The van der Waals surface area contributed by atoms with Gasteiger partial charge in [0.25, 0.3) is 0 Å². The summed E-state index contributed by atoms with van der Waals surface area (Å²) in [6, 6.07) is 16.0. The van der Waals surface area contributed by atoms with Crippen molar-refractivity contribution in [1.29, 1.82) is 0 Å². The van der Waals surface area contributed by atoms with Crippen molar-refractivity contribution in [2.45, 2.75) is 19.8 Å². The Morgan fingerprint density at radius 3 is 2.71 bits per heavy atom. The third-order valence-corrected chi connectivity index (χ3v) is 4.15. The normalized spacial score (nSPS) is 11.2. The van der Waals surface area contributed by atoms with Crippen LogP contribution in [0.2, 0.25) is 0 Å². The number of pyridine rings is 2. The molecule has 0 aliphatic rings. The molecule has 24 heavy (non-hydrogen) atoms. The van der Waals surface area contributed by atoms with Gasteiger partial charge < -0.3 is 4.74 Å². The van der Waals surface area contributed by atoms with E-state index in [1.54, 1.807) is 7.11 Å². The highest BCUT2D eigenvalue weighted by atomic mass is 16.5. The summed E-state index contributed by atoms with van der Waals surface area (Å²) in [5.74, 6) is 1.69. The molecule has 4 aromatic rings. The molecule has 0 saturated heterocycles. The van der Waals surface area contributed by atoms with E-state index in [0.717, 1.165) is 52.4 Å². The highest BCUT2D eigenvalue weighted by Gasteiger charge is 2.09. The van der Waals surface area contributed by atoms with Gasteiger partial charge in [-0.1, -0.05) is 18.2 Å². The van der Waals surface area contributed by atoms with Crippen molar-refractivity contribution in [2.75, 3.05) is 7.11 Å². The molecule has 3 heterocycles. The quantitative estimate of drug-likeness (QED) is 0.579. The highest BCUT2D eigenvalue weighted by molar-refractivity contribution is 5.85. The van der Waals surface area contributed by atoms with Gasteiger partial charge in [0.1, 0.15) is 5.75 Å². The number of methoxy groups -OCH3 is 1. The Hall–Kier alpha value is -2.95. The van der Waals surface area contributed by atoms with Gasteiger partial charge in [-0.25, -0.2) is 9.50 Å². The molecule has 120 valence electrons. The SMILES string of the molecule is COc1cc(CCc2nc3cccc(C)n3n2)nc2ccccc12. The molecule has 0 N–H and O–H groups in total. The van der Waals surface area contributed by atoms with Gasteiger partial charge in [0, 0.05) is 29.3 Å². The van der Waals surface area contributed by atoms with Crippen LogP contribution in [-0.2, 0) is 12.8 Å². The van der Waals surface area contributed by atoms with E-state index >= 15 is 0 Å². The Morgan fingerprint density at radius 1 is 1.00 bits per heavy atom. The van der Waals surface area contributed by atoms with Crippen LogP contribution in [0.1, 0.15) is 17.2 Å². The Balaban J connectivity index is 1.63. The summed E-state index contributed by atoms with van der Waals surface area (Å²) in [5.41, 5.74) is 3.90. The zero-order valence-electron chi connectivity index (χ0n) is 13.7. The van der Waals surface area contributed by atoms with Crippen LogP contribution in [0.25, 0.3) is 16.6 Å². The number of hydrogen-bond acceptors (Lipinski definition) is 4. The number of nitrogens with zero attached hydrogens (tertiary/aromatic N) is 4. The number of rotatable bonds is 4. The molecule has 0 atom stereocenters. The van der Waals surface area contributed by atoms with Crippen LogP contribution in [0.4, 0.5) is 0 Å². The van der Waals surface area contributed by atoms with E-state index in [2.05, 4.69) is 10.1 Å². The summed E-state index contributed by atoms with van der Waals surface area (Å²) < 4.78 is 7.39. The molecule has 0 aliphatic carbocycles.